The Morgan fingerprint density at radius 3 is 2.40 bits per heavy atom. The molecule has 1 aromatic heterocycles. The molecule has 1 aromatic rings. The molecule has 4 rings (SSSR count). The fourth-order valence-electron chi connectivity index (χ4n) is 4.82. The second kappa shape index (κ2) is 6.38. The molecule has 168 valence electrons. The highest BCUT2D eigenvalue weighted by atomic mass is 19.4. The molecule has 6 nitrogen and oxygen atoms in total. The number of hydrogen-bond donors (Lipinski definition) is 1. The molecule has 30 heavy (non-hydrogen) atoms. The van der Waals surface area contributed by atoms with Gasteiger partial charge >= 0.3 is 6.18 Å². The second-order valence-corrected chi connectivity index (χ2v) is 9.43. The maximum absolute atomic E-state index is 13.3. The van der Waals surface area contributed by atoms with Gasteiger partial charge in [-0.3, -0.25) is 9.69 Å². The first-order valence-electron chi connectivity index (χ1n) is 9.92. The molecular weight excluding hydrogens is 411 g/mol. The van der Waals surface area contributed by atoms with Gasteiger partial charge in [-0.1, -0.05) is 0 Å². The first-order valence-corrected chi connectivity index (χ1v) is 9.92. The molecule has 3 aliphatic rings. The van der Waals surface area contributed by atoms with E-state index in [4.69, 9.17) is 0 Å². The molecule has 2 atom stereocenters. The number of fused-ring (bicyclic) bond motifs is 1. The molecule has 0 radical (unpaired) electrons. The van der Waals surface area contributed by atoms with Crippen molar-refractivity contribution in [2.45, 2.75) is 69.9 Å². The average Bonchev–Trinajstić information content (AvgIpc) is 3.00. The van der Waals surface area contributed by atoms with Crippen LogP contribution in [0.2, 0.25) is 0 Å². The van der Waals surface area contributed by atoms with Crippen LogP contribution in [0.1, 0.15) is 51.2 Å². The third-order valence-electron chi connectivity index (χ3n) is 6.63. The third kappa shape index (κ3) is 3.21. The largest absolute Gasteiger partial charge is 0.424 e. The zero-order valence-corrected chi connectivity index (χ0v) is 17.0. The van der Waals surface area contributed by atoms with E-state index >= 15 is 0 Å². The predicted octanol–water partition coefficient (Wildman–Crippen LogP) is 2.68. The topological polar surface area (TPSA) is 61.6 Å². The molecule has 2 aliphatic heterocycles. The number of aromatic nitrogens is 2. The molecule has 0 aromatic carbocycles. The van der Waals surface area contributed by atoms with Crippen molar-refractivity contribution in [2.75, 3.05) is 19.6 Å². The summed E-state index contributed by atoms with van der Waals surface area (Å²) in [5, 5.41) is 10.0. The van der Waals surface area contributed by atoms with E-state index in [0.717, 1.165) is 0 Å². The number of halogens is 5. The fraction of sp³-hybridized carbons (Fsp3) is 0.789. The van der Waals surface area contributed by atoms with E-state index in [1.807, 2.05) is 4.90 Å². The van der Waals surface area contributed by atoms with Crippen molar-refractivity contribution in [3.05, 3.63) is 17.7 Å². The molecule has 11 heteroatoms. The molecule has 1 saturated carbocycles. The van der Waals surface area contributed by atoms with E-state index in [1.54, 1.807) is 18.7 Å². The van der Waals surface area contributed by atoms with Gasteiger partial charge in [0.25, 0.3) is 5.92 Å². The standard InChI is InChI=1S/C19H25F5N4O2/c1-11-7-26(8-13-6-25-14(28(11)13)17(3,30)19(22,23)24)15(29)16(2)9-27(10-16)12-4-18(20,21)5-12/h6,11-12,30H,4-5,7-10H2,1-3H3/t11-,17?/m0/s1. The number of likely N-dealkylation sites (tertiary alicyclic amines) is 1. The van der Waals surface area contributed by atoms with Gasteiger partial charge in [0.15, 0.2) is 5.82 Å². The number of carbonyl (C=O) groups is 1. The van der Waals surface area contributed by atoms with Crippen LogP contribution in [0, 0.1) is 5.41 Å². The van der Waals surface area contributed by atoms with E-state index in [2.05, 4.69) is 4.98 Å². The predicted molar refractivity (Wildman–Crippen MR) is 95.6 cm³/mol. The lowest BCUT2D eigenvalue weighted by atomic mass is 9.75. The van der Waals surface area contributed by atoms with Gasteiger partial charge in [0, 0.05) is 38.5 Å². The quantitative estimate of drug-likeness (QED) is 0.741. The molecule has 3 heterocycles. The van der Waals surface area contributed by atoms with Gasteiger partial charge in [0.1, 0.15) is 0 Å². The van der Waals surface area contributed by atoms with Crippen molar-refractivity contribution in [3.63, 3.8) is 0 Å². The summed E-state index contributed by atoms with van der Waals surface area (Å²) >= 11 is 0. The minimum atomic E-state index is -4.89. The first-order chi connectivity index (χ1) is 13.6. The molecule has 1 saturated heterocycles. The van der Waals surface area contributed by atoms with Crippen LogP contribution >= 0.6 is 0 Å². The number of hydrogen-bond acceptors (Lipinski definition) is 4. The number of imidazole rings is 1. The van der Waals surface area contributed by atoms with Gasteiger partial charge in [0.05, 0.1) is 29.9 Å². The Morgan fingerprint density at radius 1 is 1.27 bits per heavy atom. The summed E-state index contributed by atoms with van der Waals surface area (Å²) in [7, 11) is 0. The number of carbonyl (C=O) groups excluding carboxylic acids is 1. The maximum atomic E-state index is 13.3. The Hall–Kier alpha value is -1.75. The number of nitrogens with zero attached hydrogens (tertiary/aromatic N) is 4. The summed E-state index contributed by atoms with van der Waals surface area (Å²) in [5.41, 5.74) is -3.38. The van der Waals surface area contributed by atoms with E-state index in [-0.39, 0.29) is 37.9 Å². The van der Waals surface area contributed by atoms with Gasteiger partial charge < -0.3 is 14.6 Å². The molecule has 1 aliphatic carbocycles. The lowest BCUT2D eigenvalue weighted by Gasteiger charge is -2.55. The molecular formula is C19H25F5N4O2. The maximum Gasteiger partial charge on any atom is 0.424 e. The summed E-state index contributed by atoms with van der Waals surface area (Å²) < 4.78 is 67.4. The van der Waals surface area contributed by atoms with Crippen molar-refractivity contribution in [3.8, 4) is 0 Å². The van der Waals surface area contributed by atoms with Gasteiger partial charge in [-0.05, 0) is 20.8 Å². The third-order valence-corrected chi connectivity index (χ3v) is 6.63. The minimum Gasteiger partial charge on any atom is -0.374 e. The average molecular weight is 436 g/mol. The smallest absolute Gasteiger partial charge is 0.374 e. The van der Waals surface area contributed by atoms with E-state index in [9.17, 15) is 31.9 Å². The lowest BCUT2D eigenvalue weighted by Crippen LogP contribution is -2.68. The molecule has 2 fully saturated rings. The summed E-state index contributed by atoms with van der Waals surface area (Å²) in [6.07, 6.45) is -3.99. The van der Waals surface area contributed by atoms with Crippen molar-refractivity contribution in [2.24, 2.45) is 5.41 Å². The zero-order chi connectivity index (χ0) is 22.3. The van der Waals surface area contributed by atoms with Crippen LogP contribution in [0.25, 0.3) is 0 Å². The Labute approximate surface area is 170 Å². The first kappa shape index (κ1) is 21.5. The van der Waals surface area contributed by atoms with Crippen LogP contribution in [-0.4, -0.2) is 68.1 Å². The van der Waals surface area contributed by atoms with Gasteiger partial charge in [-0.25, -0.2) is 13.8 Å². The van der Waals surface area contributed by atoms with Crippen LogP contribution in [0.15, 0.2) is 6.20 Å². The van der Waals surface area contributed by atoms with E-state index in [0.29, 0.717) is 25.7 Å². The second-order valence-electron chi connectivity index (χ2n) is 9.43. The Bertz CT molecular complexity index is 852. The molecule has 1 N–H and O–H groups in total. The van der Waals surface area contributed by atoms with Crippen molar-refractivity contribution < 1.29 is 31.9 Å². The Morgan fingerprint density at radius 2 is 1.87 bits per heavy atom. The Balaban J connectivity index is 1.46. The SMILES string of the molecule is C[C@H]1CN(C(=O)C2(C)CN(C3CC(F)(F)C3)C2)Cc2cnc(C(C)(O)C(F)(F)F)n21. The van der Waals surface area contributed by atoms with Crippen molar-refractivity contribution >= 4 is 5.91 Å². The van der Waals surface area contributed by atoms with Crippen LogP contribution in [0.4, 0.5) is 22.0 Å². The highest BCUT2D eigenvalue weighted by molar-refractivity contribution is 5.84. The van der Waals surface area contributed by atoms with Crippen LogP contribution in [0.5, 0.6) is 0 Å². The van der Waals surface area contributed by atoms with Crippen LogP contribution in [-0.2, 0) is 16.9 Å². The molecule has 0 spiro atoms. The summed E-state index contributed by atoms with van der Waals surface area (Å²) in [6.45, 7) is 5.18. The monoisotopic (exact) mass is 436 g/mol. The fourth-order valence-corrected chi connectivity index (χ4v) is 4.82. The van der Waals surface area contributed by atoms with Crippen molar-refractivity contribution in [1.82, 2.24) is 19.4 Å². The van der Waals surface area contributed by atoms with E-state index in [1.165, 1.54) is 10.8 Å². The van der Waals surface area contributed by atoms with Gasteiger partial charge in [0.2, 0.25) is 11.5 Å². The van der Waals surface area contributed by atoms with E-state index < -0.39 is 35.0 Å². The zero-order valence-electron chi connectivity index (χ0n) is 17.0. The normalized spacial score (nSPS) is 28.3. The highest BCUT2D eigenvalue weighted by Gasteiger charge is 2.57. The van der Waals surface area contributed by atoms with Crippen LogP contribution in [0.3, 0.4) is 0 Å². The van der Waals surface area contributed by atoms with Gasteiger partial charge in [-0.15, -0.1) is 0 Å². The molecule has 0 bridgehead atoms. The highest BCUT2D eigenvalue weighted by Crippen LogP contribution is 2.46. The number of alkyl halides is 5. The number of amides is 1. The minimum absolute atomic E-state index is 0.0845. The molecule has 1 amide bonds. The number of aliphatic hydroxyl groups is 1. The molecule has 1 unspecified atom stereocenters. The Kier molecular flexibility index (Phi) is 4.57. The van der Waals surface area contributed by atoms with Crippen LogP contribution < -0.4 is 0 Å². The number of rotatable bonds is 3. The summed E-state index contributed by atoms with van der Waals surface area (Å²) in [5.74, 6) is -3.25. The van der Waals surface area contributed by atoms with Gasteiger partial charge in [-0.2, -0.15) is 13.2 Å². The lowest BCUT2D eigenvalue weighted by molar-refractivity contribution is -0.263. The summed E-state index contributed by atoms with van der Waals surface area (Å²) in [4.78, 5) is 20.4. The van der Waals surface area contributed by atoms with Crippen molar-refractivity contribution in [1.29, 1.82) is 0 Å². The summed E-state index contributed by atoms with van der Waals surface area (Å²) in [6, 6.07) is -0.705.